The predicted molar refractivity (Wildman–Crippen MR) is 61.7 cm³/mol. The first-order valence-corrected chi connectivity index (χ1v) is 5.79. The molecule has 1 aliphatic carbocycles. The third kappa shape index (κ3) is 2.31. The van der Waals surface area contributed by atoms with Crippen molar-refractivity contribution in [3.8, 4) is 0 Å². The Hall–Kier alpha value is -1.19. The molecule has 2 atom stereocenters. The zero-order chi connectivity index (χ0) is 11.9. The molecule has 0 aromatic carbocycles. The maximum Gasteiger partial charge on any atom is 0.410 e. The van der Waals surface area contributed by atoms with Gasteiger partial charge in [0.15, 0.2) is 0 Å². The summed E-state index contributed by atoms with van der Waals surface area (Å²) in [6.07, 6.45) is 2.81. The summed E-state index contributed by atoms with van der Waals surface area (Å²) in [5.41, 5.74) is 6.33. The van der Waals surface area contributed by atoms with Gasteiger partial charge >= 0.3 is 6.09 Å². The Kier molecular flexibility index (Phi) is 2.60. The minimum absolute atomic E-state index is 0.200. The van der Waals surface area contributed by atoms with Crippen molar-refractivity contribution in [3.63, 3.8) is 0 Å². The second-order valence-electron chi connectivity index (χ2n) is 5.75. The molecule has 90 valence electrons. The summed E-state index contributed by atoms with van der Waals surface area (Å²) >= 11 is 0. The molecule has 1 aliphatic heterocycles. The minimum Gasteiger partial charge on any atom is -0.444 e. The molecule has 2 rings (SSSR count). The Labute approximate surface area is 96.4 Å². The first-order valence-electron chi connectivity index (χ1n) is 5.79. The fourth-order valence-electron chi connectivity index (χ4n) is 2.42. The van der Waals surface area contributed by atoms with Crippen molar-refractivity contribution in [2.45, 2.75) is 32.8 Å². The molecule has 1 saturated heterocycles. The van der Waals surface area contributed by atoms with E-state index in [-0.39, 0.29) is 6.09 Å². The van der Waals surface area contributed by atoms with Gasteiger partial charge in [-0.1, -0.05) is 6.08 Å². The number of hydrogen-bond donors (Lipinski definition) is 1. The van der Waals surface area contributed by atoms with E-state index in [1.54, 1.807) is 4.90 Å². The molecule has 0 saturated carbocycles. The molecule has 1 amide bonds. The van der Waals surface area contributed by atoms with Crippen molar-refractivity contribution in [1.82, 2.24) is 4.90 Å². The van der Waals surface area contributed by atoms with E-state index in [9.17, 15) is 4.79 Å². The highest BCUT2D eigenvalue weighted by Gasteiger charge is 2.38. The Morgan fingerprint density at radius 3 is 2.75 bits per heavy atom. The zero-order valence-electron chi connectivity index (χ0n) is 10.2. The molecule has 1 heterocycles. The number of nitrogens with zero attached hydrogens (tertiary/aromatic N) is 1. The van der Waals surface area contributed by atoms with Gasteiger partial charge in [-0.2, -0.15) is 0 Å². The van der Waals surface area contributed by atoms with Crippen LogP contribution in [0.2, 0.25) is 0 Å². The molecule has 2 N–H and O–H groups in total. The smallest absolute Gasteiger partial charge is 0.410 e. The fraction of sp³-hybridized carbons (Fsp3) is 0.750. The average Bonchev–Trinajstić information content (AvgIpc) is 2.56. The van der Waals surface area contributed by atoms with E-state index >= 15 is 0 Å². The normalized spacial score (nSPS) is 28.9. The van der Waals surface area contributed by atoms with Crippen LogP contribution < -0.4 is 5.73 Å². The van der Waals surface area contributed by atoms with E-state index in [0.717, 1.165) is 25.2 Å². The highest BCUT2D eigenvalue weighted by atomic mass is 16.6. The van der Waals surface area contributed by atoms with Crippen molar-refractivity contribution in [2.75, 3.05) is 13.1 Å². The zero-order valence-corrected chi connectivity index (χ0v) is 10.2. The first kappa shape index (κ1) is 11.3. The summed E-state index contributed by atoms with van der Waals surface area (Å²) in [5, 5.41) is 0. The second kappa shape index (κ2) is 3.68. The van der Waals surface area contributed by atoms with Crippen molar-refractivity contribution in [3.05, 3.63) is 11.8 Å². The summed E-state index contributed by atoms with van der Waals surface area (Å²) in [5.74, 6) is 0.944. The standard InChI is InChI=1S/C12H20N2O2/c1-12(2,3)16-11(15)14-6-8-4-10(13)5-9(8)7-14/h4,8-9H,5-7,13H2,1-3H3/t8-,9+/m0/s1. The number of rotatable bonds is 0. The van der Waals surface area contributed by atoms with Gasteiger partial charge in [0.05, 0.1) is 0 Å². The van der Waals surface area contributed by atoms with Gasteiger partial charge in [0.1, 0.15) is 5.60 Å². The van der Waals surface area contributed by atoms with Gasteiger partial charge in [-0.05, 0) is 33.1 Å². The van der Waals surface area contributed by atoms with Crippen LogP contribution in [0.3, 0.4) is 0 Å². The molecule has 16 heavy (non-hydrogen) atoms. The summed E-state index contributed by atoms with van der Waals surface area (Å²) in [6.45, 7) is 7.19. The lowest BCUT2D eigenvalue weighted by Crippen LogP contribution is -2.35. The minimum atomic E-state index is -0.413. The van der Waals surface area contributed by atoms with Crippen LogP contribution >= 0.6 is 0 Å². The monoisotopic (exact) mass is 224 g/mol. The molecular formula is C12H20N2O2. The summed E-state index contributed by atoms with van der Waals surface area (Å²) in [6, 6.07) is 0. The van der Waals surface area contributed by atoms with E-state index < -0.39 is 5.60 Å². The highest BCUT2D eigenvalue weighted by molar-refractivity contribution is 5.68. The number of allylic oxidation sites excluding steroid dienone is 1. The molecule has 0 aromatic rings. The van der Waals surface area contributed by atoms with Gasteiger partial charge < -0.3 is 15.4 Å². The number of nitrogens with two attached hydrogens (primary N) is 1. The summed E-state index contributed by atoms with van der Waals surface area (Å²) < 4.78 is 5.35. The Morgan fingerprint density at radius 1 is 1.50 bits per heavy atom. The van der Waals surface area contributed by atoms with Gasteiger partial charge in [0, 0.05) is 24.7 Å². The molecule has 0 bridgehead atoms. The van der Waals surface area contributed by atoms with Gasteiger partial charge in [0.25, 0.3) is 0 Å². The Morgan fingerprint density at radius 2 is 2.19 bits per heavy atom. The van der Waals surface area contributed by atoms with Crippen LogP contribution in [0.1, 0.15) is 27.2 Å². The van der Waals surface area contributed by atoms with Crippen molar-refractivity contribution < 1.29 is 9.53 Å². The number of likely N-dealkylation sites (tertiary alicyclic amines) is 1. The topological polar surface area (TPSA) is 55.6 Å². The van der Waals surface area contributed by atoms with Gasteiger partial charge in [-0.15, -0.1) is 0 Å². The Bertz CT molecular complexity index is 330. The largest absolute Gasteiger partial charge is 0.444 e. The van der Waals surface area contributed by atoms with E-state index in [0.29, 0.717) is 11.8 Å². The van der Waals surface area contributed by atoms with E-state index in [1.807, 2.05) is 20.8 Å². The number of amides is 1. The molecule has 0 spiro atoms. The fourth-order valence-corrected chi connectivity index (χ4v) is 2.42. The van der Waals surface area contributed by atoms with Crippen molar-refractivity contribution in [2.24, 2.45) is 17.6 Å². The maximum absolute atomic E-state index is 11.8. The number of hydrogen-bond acceptors (Lipinski definition) is 3. The summed E-state index contributed by atoms with van der Waals surface area (Å²) in [7, 11) is 0. The molecule has 2 aliphatic rings. The lowest BCUT2D eigenvalue weighted by Gasteiger charge is -2.24. The number of carbonyl (C=O) groups excluding carboxylic acids is 1. The van der Waals surface area contributed by atoms with Crippen LogP contribution in [-0.2, 0) is 4.74 Å². The van der Waals surface area contributed by atoms with Gasteiger partial charge in [-0.25, -0.2) is 4.79 Å². The molecular weight excluding hydrogens is 204 g/mol. The second-order valence-corrected chi connectivity index (χ2v) is 5.75. The third-order valence-corrected chi connectivity index (χ3v) is 3.07. The quantitative estimate of drug-likeness (QED) is 0.681. The number of fused-ring (bicyclic) bond motifs is 1. The molecule has 0 unspecified atom stereocenters. The molecule has 4 heteroatoms. The number of carbonyl (C=O) groups is 1. The van der Waals surface area contributed by atoms with Gasteiger partial charge in [-0.3, -0.25) is 0 Å². The van der Waals surface area contributed by atoms with Crippen LogP contribution in [-0.4, -0.2) is 29.7 Å². The van der Waals surface area contributed by atoms with Crippen LogP contribution in [0.25, 0.3) is 0 Å². The molecule has 0 aromatic heterocycles. The van der Waals surface area contributed by atoms with Gasteiger partial charge in [0.2, 0.25) is 0 Å². The van der Waals surface area contributed by atoms with E-state index in [4.69, 9.17) is 10.5 Å². The molecule has 4 nitrogen and oxygen atoms in total. The Balaban J connectivity index is 1.93. The summed E-state index contributed by atoms with van der Waals surface area (Å²) in [4.78, 5) is 13.6. The highest BCUT2D eigenvalue weighted by Crippen LogP contribution is 2.35. The van der Waals surface area contributed by atoms with Crippen LogP contribution in [0.5, 0.6) is 0 Å². The lowest BCUT2D eigenvalue weighted by atomic mass is 10.0. The van der Waals surface area contributed by atoms with E-state index in [1.165, 1.54) is 0 Å². The average molecular weight is 224 g/mol. The number of ether oxygens (including phenoxy) is 1. The maximum atomic E-state index is 11.8. The van der Waals surface area contributed by atoms with Crippen LogP contribution in [0.15, 0.2) is 11.8 Å². The third-order valence-electron chi connectivity index (χ3n) is 3.07. The molecule has 0 radical (unpaired) electrons. The first-order chi connectivity index (χ1) is 7.35. The van der Waals surface area contributed by atoms with Crippen LogP contribution in [0.4, 0.5) is 4.79 Å². The van der Waals surface area contributed by atoms with E-state index in [2.05, 4.69) is 6.08 Å². The van der Waals surface area contributed by atoms with Crippen molar-refractivity contribution in [1.29, 1.82) is 0 Å². The van der Waals surface area contributed by atoms with Crippen molar-refractivity contribution >= 4 is 6.09 Å². The van der Waals surface area contributed by atoms with Crippen LogP contribution in [0, 0.1) is 11.8 Å². The lowest BCUT2D eigenvalue weighted by molar-refractivity contribution is 0.0285. The molecule has 1 fully saturated rings. The SMILES string of the molecule is CC(C)(C)OC(=O)N1C[C@H]2CC(N)=C[C@H]2C1. The predicted octanol–water partition coefficient (Wildman–Crippen LogP) is 1.72.